The Morgan fingerprint density at radius 2 is 0.975 bits per heavy atom. The van der Waals surface area contributed by atoms with Crippen LogP contribution in [0, 0.1) is 13.8 Å². The molecule has 2 aromatic carbocycles. The Labute approximate surface area is 445 Å². The Balaban J connectivity index is 0.000000240. The Morgan fingerprint density at radius 3 is 1.32 bits per heavy atom. The molecular weight excluding hydrogens is 1050 g/mol. The van der Waals surface area contributed by atoms with Gasteiger partial charge in [0.2, 0.25) is 11.9 Å². The number of rotatable bonds is 17. The van der Waals surface area contributed by atoms with E-state index in [1.165, 1.54) is 85.4 Å². The number of benzene rings is 2. The van der Waals surface area contributed by atoms with Crippen molar-refractivity contribution < 1.29 is 70.2 Å². The van der Waals surface area contributed by atoms with Crippen molar-refractivity contribution in [3.8, 4) is 56.9 Å². The van der Waals surface area contributed by atoms with E-state index in [-0.39, 0.29) is 82.5 Å². The van der Waals surface area contributed by atoms with Crippen LogP contribution in [-0.2, 0) is 12.4 Å². The Morgan fingerprint density at radius 1 is 0.582 bits per heavy atom. The van der Waals surface area contributed by atoms with Crippen molar-refractivity contribution in [1.29, 1.82) is 0 Å². The monoisotopic (exact) mass is 1100 g/mol. The maximum absolute atomic E-state index is 13.5. The van der Waals surface area contributed by atoms with E-state index in [0.717, 1.165) is 27.7 Å². The van der Waals surface area contributed by atoms with Crippen LogP contribution in [0.15, 0.2) is 97.8 Å². The Bertz CT molecular complexity index is 3370. The molecule has 1 amide bonds. The van der Waals surface area contributed by atoms with E-state index >= 15 is 0 Å². The SMILES string of the molecule is COc1cc(Nc2ncc(-c3cncc(C(=O)NCCO)c3)c(-n3nc(C(F)(F)F)cc3C)n2)cc(OC)c1.COc1cc(Nc2ncc(-c3cncc(C(=O)O)c3)c(-n3nc(C(F)(F)F)cc3C)n2)cc(OC)c1.NCCO. The van der Waals surface area contributed by atoms with Crippen LogP contribution in [0.2, 0.25) is 0 Å². The molecule has 6 aromatic heterocycles. The first-order chi connectivity index (χ1) is 37.6. The lowest BCUT2D eigenvalue weighted by atomic mass is 10.1. The number of nitrogens with two attached hydrogens (primary N) is 1. The lowest BCUT2D eigenvalue weighted by Gasteiger charge is -2.14. The van der Waals surface area contributed by atoms with E-state index in [4.69, 9.17) is 34.9 Å². The number of nitrogens with one attached hydrogen (secondary N) is 3. The van der Waals surface area contributed by atoms with Gasteiger partial charge in [-0.2, -0.15) is 46.5 Å². The number of amides is 1. The number of hydrogen-bond donors (Lipinski definition) is 7. The predicted molar refractivity (Wildman–Crippen MR) is 272 cm³/mol. The van der Waals surface area contributed by atoms with Gasteiger partial charge in [0, 0.05) is 132 Å². The number of methoxy groups -OCH3 is 4. The molecule has 0 saturated carbocycles. The fraction of sp³-hybridized carbons (Fsp3) is 0.240. The molecule has 0 radical (unpaired) electrons. The zero-order chi connectivity index (χ0) is 57.6. The standard InChI is InChI=1S/C25H24F3N7O4.C23H19F3N6O4.C2H7NO/c1-14-6-21(25(26,27)28)34-35(14)22-20(15-7-16(12-29-11-15)23(37)30-4-5-36)13-31-24(33-22)32-17-8-18(38-2)10-19(9-17)39-3;1-12-4-19(23(24,25)26)31-32(12)20-18(13-5-14(21(33)34)10-27-9-13)11-28-22(30-20)29-15-6-16(35-2)8-17(7-15)36-3;3-1-2-4/h6-13,36H,4-5H2,1-3H3,(H,30,37)(H,31,32,33);4-11H,1-3H3,(H,33,34)(H,28,29,30);4H,1-3H2. The van der Waals surface area contributed by atoms with Crippen LogP contribution in [0.4, 0.5) is 49.6 Å². The molecule has 0 spiro atoms. The molecule has 0 aliphatic heterocycles. The number of anilines is 4. The summed E-state index contributed by atoms with van der Waals surface area (Å²) in [5.74, 6) is 0.359. The minimum Gasteiger partial charge on any atom is -0.497 e. The van der Waals surface area contributed by atoms with Crippen LogP contribution in [-0.4, -0.2) is 131 Å². The number of carboxylic acid groups (broad SMARTS) is 1. The molecule has 0 aliphatic carbocycles. The molecule has 23 nitrogen and oxygen atoms in total. The van der Waals surface area contributed by atoms with Crippen molar-refractivity contribution in [2.24, 2.45) is 5.73 Å². The van der Waals surface area contributed by atoms with E-state index in [1.807, 2.05) is 0 Å². The van der Waals surface area contributed by atoms with Crippen molar-refractivity contribution in [1.82, 2.24) is 54.8 Å². The topological polar surface area (TPSA) is 307 Å². The van der Waals surface area contributed by atoms with Crippen molar-refractivity contribution >= 4 is 35.1 Å². The number of pyridine rings is 2. The van der Waals surface area contributed by atoms with Crippen molar-refractivity contribution in [3.63, 3.8) is 0 Å². The van der Waals surface area contributed by atoms with Gasteiger partial charge in [-0.25, -0.2) is 24.1 Å². The Kier molecular flexibility index (Phi) is 19.4. The number of carbonyl (C=O) groups is 2. The van der Waals surface area contributed by atoms with Crippen LogP contribution in [0.5, 0.6) is 23.0 Å². The number of alkyl halides is 6. The summed E-state index contributed by atoms with van der Waals surface area (Å²) in [5, 5.41) is 42.0. The first-order valence-electron chi connectivity index (χ1n) is 23.0. The summed E-state index contributed by atoms with van der Waals surface area (Å²) < 4.78 is 104. The van der Waals surface area contributed by atoms with Gasteiger partial charge in [-0.1, -0.05) is 0 Å². The number of aromatic nitrogens is 10. The van der Waals surface area contributed by atoms with Crippen LogP contribution in [0.3, 0.4) is 0 Å². The average Bonchev–Trinajstić information content (AvgIpc) is 4.05. The largest absolute Gasteiger partial charge is 0.497 e. The average molecular weight is 1110 g/mol. The molecule has 0 bridgehead atoms. The molecule has 8 N–H and O–H groups in total. The highest BCUT2D eigenvalue weighted by molar-refractivity contribution is 5.95. The number of ether oxygens (including phenoxy) is 4. The molecule has 0 unspecified atom stereocenters. The van der Waals surface area contributed by atoms with Crippen molar-refractivity contribution in [2.45, 2.75) is 26.2 Å². The predicted octanol–water partition coefficient (Wildman–Crippen LogP) is 6.98. The molecule has 0 fully saturated rings. The number of aliphatic hydroxyl groups is 2. The molecule has 29 heteroatoms. The number of aromatic carboxylic acids is 1. The van der Waals surface area contributed by atoms with Gasteiger partial charge in [0.15, 0.2) is 23.0 Å². The number of hydrogen-bond acceptors (Lipinski definition) is 19. The van der Waals surface area contributed by atoms with Gasteiger partial charge in [0.05, 0.1) is 52.8 Å². The maximum atomic E-state index is 13.5. The molecule has 0 saturated heterocycles. The van der Waals surface area contributed by atoms with Gasteiger partial charge in [-0.3, -0.25) is 14.8 Å². The third-order valence-corrected chi connectivity index (χ3v) is 10.6. The van der Waals surface area contributed by atoms with Gasteiger partial charge in [0.1, 0.15) is 23.0 Å². The highest BCUT2D eigenvalue weighted by atomic mass is 19.4. The van der Waals surface area contributed by atoms with Crippen LogP contribution >= 0.6 is 0 Å². The van der Waals surface area contributed by atoms with Crippen LogP contribution in [0.1, 0.15) is 43.5 Å². The van der Waals surface area contributed by atoms with E-state index in [0.29, 0.717) is 46.5 Å². The van der Waals surface area contributed by atoms with E-state index in [2.05, 4.69) is 56.1 Å². The van der Waals surface area contributed by atoms with Crippen molar-refractivity contribution in [3.05, 3.63) is 132 Å². The van der Waals surface area contributed by atoms with Crippen molar-refractivity contribution in [2.75, 3.05) is 65.4 Å². The summed E-state index contributed by atoms with van der Waals surface area (Å²) >= 11 is 0. The maximum Gasteiger partial charge on any atom is 0.435 e. The summed E-state index contributed by atoms with van der Waals surface area (Å²) in [6.45, 7) is 3.18. The van der Waals surface area contributed by atoms with Gasteiger partial charge in [0.25, 0.3) is 5.91 Å². The van der Waals surface area contributed by atoms with Gasteiger partial charge in [-0.05, 0) is 38.1 Å². The molecule has 416 valence electrons. The smallest absolute Gasteiger partial charge is 0.435 e. The molecule has 8 rings (SSSR count). The summed E-state index contributed by atoms with van der Waals surface area (Å²) in [6.07, 6.45) is -1.35. The third-order valence-electron chi connectivity index (χ3n) is 10.6. The number of halogens is 6. The van der Waals surface area contributed by atoms with Crippen LogP contribution in [0.25, 0.3) is 33.9 Å². The fourth-order valence-electron chi connectivity index (χ4n) is 6.96. The molecule has 79 heavy (non-hydrogen) atoms. The zero-order valence-corrected chi connectivity index (χ0v) is 42.7. The van der Waals surface area contributed by atoms with E-state index in [9.17, 15) is 41.0 Å². The molecule has 0 aliphatic rings. The number of nitrogens with zero attached hydrogens (tertiary/aromatic N) is 10. The van der Waals surface area contributed by atoms with Crippen LogP contribution < -0.4 is 40.6 Å². The van der Waals surface area contributed by atoms with Gasteiger partial charge < -0.3 is 56.0 Å². The number of carbonyl (C=O) groups excluding carboxylic acids is 1. The quantitative estimate of drug-likeness (QED) is 0.0452. The van der Waals surface area contributed by atoms with E-state index < -0.39 is 35.6 Å². The summed E-state index contributed by atoms with van der Waals surface area (Å²) in [6, 6.07) is 14.6. The minimum atomic E-state index is -4.67. The second kappa shape index (κ2) is 26.0. The normalized spacial score (nSPS) is 11.1. The first kappa shape index (κ1) is 58.8. The highest BCUT2D eigenvalue weighted by Gasteiger charge is 2.36. The van der Waals surface area contributed by atoms with Gasteiger partial charge >= 0.3 is 18.3 Å². The highest BCUT2D eigenvalue weighted by Crippen LogP contribution is 2.35. The summed E-state index contributed by atoms with van der Waals surface area (Å²) in [7, 11) is 5.96. The summed E-state index contributed by atoms with van der Waals surface area (Å²) in [4.78, 5) is 49.3. The third kappa shape index (κ3) is 15.1. The second-order valence-corrected chi connectivity index (χ2v) is 16.2. The molecule has 0 atom stereocenters. The summed E-state index contributed by atoms with van der Waals surface area (Å²) in [5.41, 5.74) is 5.09. The van der Waals surface area contributed by atoms with E-state index in [1.54, 1.807) is 36.4 Å². The number of carboxylic acids is 1. The lowest BCUT2D eigenvalue weighted by Crippen LogP contribution is -2.26. The Hall–Kier alpha value is -9.48. The minimum absolute atomic E-state index is 0.0142. The molecule has 8 aromatic rings. The first-order valence-corrected chi connectivity index (χ1v) is 23.0. The zero-order valence-electron chi connectivity index (χ0n) is 42.7. The lowest BCUT2D eigenvalue weighted by molar-refractivity contribution is -0.142. The number of aliphatic hydroxyl groups excluding tert-OH is 2. The number of aryl methyl sites for hydroxylation is 2. The van der Waals surface area contributed by atoms with Gasteiger partial charge in [-0.15, -0.1) is 0 Å². The second-order valence-electron chi connectivity index (χ2n) is 16.2. The molecule has 6 heterocycles. The fourth-order valence-corrected chi connectivity index (χ4v) is 6.96. The molecular formula is C50H50F6N14O9.